The fourth-order valence-electron chi connectivity index (χ4n) is 9.46. The summed E-state index contributed by atoms with van der Waals surface area (Å²) in [6.45, 7) is 1.34. The van der Waals surface area contributed by atoms with Gasteiger partial charge in [-0.2, -0.15) is 0 Å². The molecule has 0 amide bonds. The second-order valence-electron chi connectivity index (χ2n) is 15.8. The highest BCUT2D eigenvalue weighted by Gasteiger charge is 2.78. The van der Waals surface area contributed by atoms with E-state index in [0.717, 1.165) is 0 Å². The molecule has 0 saturated heterocycles. The predicted molar refractivity (Wildman–Crippen MR) is 199 cm³/mol. The summed E-state index contributed by atoms with van der Waals surface area (Å²) in [5, 5.41) is 42.4. The monoisotopic (exact) mass is 849 g/mol. The first kappa shape index (κ1) is 45.5. The molecule has 9 atom stereocenters. The zero-order valence-corrected chi connectivity index (χ0v) is 33.0. The minimum Gasteiger partial charge on any atom is -0.465 e. The molecule has 1 aromatic carbocycles. The summed E-state index contributed by atoms with van der Waals surface area (Å²) in [7, 11) is 0. The average molecular weight is 850 g/mol. The van der Waals surface area contributed by atoms with Crippen LogP contribution in [0.1, 0.15) is 70.8 Å². The number of unbranched alkanes of at least 4 members (excludes halogenated alkanes) is 1. The summed E-state index contributed by atoms with van der Waals surface area (Å²) in [6.07, 6.45) is -1.29. The highest BCUT2D eigenvalue weighted by molar-refractivity contribution is 5.94. The fraction of sp³-hybridized carbons (Fsp3) is 0.615. The minimum atomic E-state index is -2.49. The molecule has 4 aliphatic carbocycles. The molecule has 20 nitrogen and oxygen atoms in total. The van der Waals surface area contributed by atoms with Crippen molar-refractivity contribution >= 4 is 29.7 Å². The molecule has 0 aliphatic heterocycles. The van der Waals surface area contributed by atoms with Crippen LogP contribution in [0.2, 0.25) is 0 Å². The first-order valence-electron chi connectivity index (χ1n) is 19.4. The summed E-state index contributed by atoms with van der Waals surface area (Å²) in [4.78, 5) is 94.3. The Morgan fingerprint density at radius 3 is 2.27 bits per heavy atom. The Kier molecular flexibility index (Phi) is 14.0. The number of carbonyl (C=O) groups is 5. The van der Waals surface area contributed by atoms with Gasteiger partial charge in [0.15, 0.2) is 18.1 Å². The number of nitrogens with two attached hydrogens (primary N) is 1. The van der Waals surface area contributed by atoms with Gasteiger partial charge in [0.25, 0.3) is 10.2 Å². The number of hydrogen-bond donors (Lipinski definition) is 3. The van der Waals surface area contributed by atoms with E-state index in [2.05, 4.69) is 9.68 Å². The van der Waals surface area contributed by atoms with E-state index in [1.165, 1.54) is 43.3 Å². The SMILES string of the molecule is C[C@]12C=CC(=O)CC1=CCC1C3C[C@@H](O)[C@](OC(=O)CCCO[N+](=O)[O-])(C(=O)COC(=O)Oc4ccc(C[C@H](N)C(=O)OCCCCO[N+](=O)[O-])cc4)[C@@]3(C)C[C@H](O)[C@@]12F. The molecular formula is C39H48FN3O17. The Balaban J connectivity index is 1.27. The minimum absolute atomic E-state index is 0.0186. The van der Waals surface area contributed by atoms with E-state index in [1.807, 2.05) is 0 Å². The van der Waals surface area contributed by atoms with Gasteiger partial charge in [-0.15, -0.1) is 20.2 Å². The van der Waals surface area contributed by atoms with E-state index in [4.69, 9.17) is 24.7 Å². The molecule has 0 radical (unpaired) electrons. The van der Waals surface area contributed by atoms with Gasteiger partial charge in [-0.3, -0.25) is 19.2 Å². The molecule has 5 rings (SSSR count). The lowest BCUT2D eigenvalue weighted by molar-refractivity contribution is -0.757. The van der Waals surface area contributed by atoms with Gasteiger partial charge in [-0.1, -0.05) is 36.8 Å². The van der Waals surface area contributed by atoms with E-state index in [-0.39, 0.29) is 63.3 Å². The van der Waals surface area contributed by atoms with Gasteiger partial charge in [0.05, 0.1) is 25.9 Å². The van der Waals surface area contributed by atoms with Crippen molar-refractivity contribution in [3.63, 3.8) is 0 Å². The zero-order valence-electron chi connectivity index (χ0n) is 33.0. The van der Waals surface area contributed by atoms with Gasteiger partial charge in [0.2, 0.25) is 11.4 Å². The van der Waals surface area contributed by atoms with Crippen molar-refractivity contribution in [2.24, 2.45) is 28.4 Å². The fourth-order valence-corrected chi connectivity index (χ4v) is 9.46. The van der Waals surface area contributed by atoms with Crippen LogP contribution in [0, 0.1) is 42.9 Å². The van der Waals surface area contributed by atoms with Crippen LogP contribution >= 0.6 is 0 Å². The van der Waals surface area contributed by atoms with Crippen molar-refractivity contribution in [2.45, 2.75) is 101 Å². The summed E-state index contributed by atoms with van der Waals surface area (Å²) < 4.78 is 39.0. The standard InChI is InChI=1S/C39H48FN3O17/c1-36-14-13-25(44)19-24(36)9-12-27-28-20-30(45)39(37(28,2)21-31(46)38(27,36)40,60-33(48)6-5-17-58-43(53)54)32(47)22-56-35(50)59-26-10-7-23(8-11-26)18-29(41)34(49)55-15-3-4-16-57-42(51)52/h7-11,13-14,27-31,45-46H,3-6,12,15-22,41H2,1-2H3/t27?,28?,29-,30+,31-,36-,37-,38-,39-/m0/s1. The van der Waals surface area contributed by atoms with Crippen LogP contribution in [-0.4, -0.2) is 106 Å². The van der Waals surface area contributed by atoms with Gasteiger partial charge >= 0.3 is 18.1 Å². The van der Waals surface area contributed by atoms with Crippen molar-refractivity contribution in [1.29, 1.82) is 0 Å². The number of ketones is 2. The van der Waals surface area contributed by atoms with Gasteiger partial charge in [-0.05, 0) is 81.6 Å². The maximum Gasteiger partial charge on any atom is 0.514 e. The molecule has 0 aromatic heterocycles. The summed E-state index contributed by atoms with van der Waals surface area (Å²) >= 11 is 0. The molecule has 328 valence electrons. The summed E-state index contributed by atoms with van der Waals surface area (Å²) in [5.41, 5.74) is -0.893. The summed E-state index contributed by atoms with van der Waals surface area (Å²) in [5.74, 6) is -5.04. The molecule has 21 heteroatoms. The Morgan fingerprint density at radius 1 is 0.950 bits per heavy atom. The number of ether oxygens (including phenoxy) is 4. The van der Waals surface area contributed by atoms with Gasteiger partial charge < -0.3 is 44.6 Å². The lowest BCUT2D eigenvalue weighted by Gasteiger charge is -2.62. The van der Waals surface area contributed by atoms with E-state index in [9.17, 15) is 54.4 Å². The van der Waals surface area contributed by atoms with Crippen molar-refractivity contribution in [1.82, 2.24) is 0 Å². The van der Waals surface area contributed by atoms with Crippen LogP contribution in [0.3, 0.4) is 0 Å². The predicted octanol–water partition coefficient (Wildman–Crippen LogP) is 2.78. The molecule has 4 aliphatic rings. The van der Waals surface area contributed by atoms with Crippen molar-refractivity contribution in [3.05, 3.63) is 73.9 Å². The first-order valence-corrected chi connectivity index (χ1v) is 19.4. The maximum atomic E-state index is 17.7. The molecule has 4 N–H and O–H groups in total. The lowest BCUT2D eigenvalue weighted by atomic mass is 9.45. The first-order chi connectivity index (χ1) is 28.3. The third kappa shape index (κ3) is 8.97. The van der Waals surface area contributed by atoms with Crippen LogP contribution in [0.5, 0.6) is 5.75 Å². The normalized spacial score (nSPS) is 30.6. The third-order valence-corrected chi connectivity index (χ3v) is 12.4. The Labute approximate surface area is 342 Å². The molecule has 0 spiro atoms. The number of aliphatic hydroxyl groups is 2. The van der Waals surface area contributed by atoms with Gasteiger partial charge in [0.1, 0.15) is 17.9 Å². The number of allylic oxidation sites excluding steroid dienone is 4. The van der Waals surface area contributed by atoms with E-state index in [0.29, 0.717) is 17.6 Å². The molecule has 60 heavy (non-hydrogen) atoms. The van der Waals surface area contributed by atoms with E-state index < -0.39 is 112 Å². The number of halogens is 1. The second-order valence-corrected chi connectivity index (χ2v) is 15.8. The van der Waals surface area contributed by atoms with Crippen LogP contribution in [0.4, 0.5) is 9.18 Å². The third-order valence-electron chi connectivity index (χ3n) is 12.4. The number of alkyl halides is 1. The molecule has 2 unspecified atom stereocenters. The van der Waals surface area contributed by atoms with Crippen LogP contribution < -0.4 is 10.5 Å². The maximum absolute atomic E-state index is 17.7. The number of fused-ring (bicyclic) bond motifs is 5. The number of aliphatic hydroxyl groups excluding tert-OH is 2. The highest BCUT2D eigenvalue weighted by atomic mass is 19.1. The van der Waals surface area contributed by atoms with Crippen LogP contribution in [0.15, 0.2) is 48.1 Å². The zero-order chi connectivity index (χ0) is 44.0. The Morgan fingerprint density at radius 2 is 1.60 bits per heavy atom. The van der Waals surface area contributed by atoms with Gasteiger partial charge in [0, 0.05) is 29.6 Å². The lowest BCUT2D eigenvalue weighted by Crippen LogP contribution is -2.70. The molecule has 2 fully saturated rings. The average Bonchev–Trinajstić information content (AvgIpc) is 3.40. The molecule has 1 aromatic rings. The quantitative estimate of drug-likeness (QED) is 0.0343. The molecule has 0 heterocycles. The summed E-state index contributed by atoms with van der Waals surface area (Å²) in [6, 6.07) is 4.67. The van der Waals surface area contributed by atoms with Crippen molar-refractivity contribution < 1.29 is 77.4 Å². The topological polar surface area (TPSA) is 293 Å². The largest absolute Gasteiger partial charge is 0.514 e. The Bertz CT molecular complexity index is 1910. The van der Waals surface area contributed by atoms with E-state index >= 15 is 4.39 Å². The van der Waals surface area contributed by atoms with Crippen molar-refractivity contribution in [3.8, 4) is 5.75 Å². The second kappa shape index (κ2) is 18.4. The van der Waals surface area contributed by atoms with Crippen LogP contribution in [0.25, 0.3) is 0 Å². The number of esters is 2. The number of rotatable bonds is 19. The van der Waals surface area contributed by atoms with E-state index in [1.54, 1.807) is 13.0 Å². The number of nitrogens with zero attached hydrogens (tertiary/aromatic N) is 2. The Hall–Kier alpha value is -5.54. The number of Topliss-reactive ketones (excluding diaryl/α,β-unsaturated/α-hetero) is 1. The van der Waals surface area contributed by atoms with Crippen molar-refractivity contribution in [2.75, 3.05) is 26.4 Å². The molecule has 0 bridgehead atoms. The number of hydrogen-bond acceptors (Lipinski definition) is 18. The smallest absolute Gasteiger partial charge is 0.465 e. The molecular weight excluding hydrogens is 801 g/mol. The number of carbonyl (C=O) groups excluding carboxylic acids is 5. The number of benzene rings is 1. The van der Waals surface area contributed by atoms with Crippen LogP contribution in [-0.2, 0) is 49.5 Å². The molecule has 2 saturated carbocycles. The van der Waals surface area contributed by atoms with Gasteiger partial charge in [-0.25, -0.2) is 9.18 Å². The highest BCUT2D eigenvalue weighted by Crippen LogP contribution is 2.70.